The molecule has 1 heterocycles. The third-order valence-electron chi connectivity index (χ3n) is 3.26. The Morgan fingerprint density at radius 3 is 2.55 bits per heavy atom. The second-order valence-electron chi connectivity index (χ2n) is 4.42. The fourth-order valence-corrected chi connectivity index (χ4v) is 2.20. The summed E-state index contributed by atoms with van der Waals surface area (Å²) in [5.41, 5.74) is 1.31. The number of fused-ring (bicyclic) bond motifs is 1. The molecular weight excluding hydrogens is 257 g/mol. The van der Waals surface area contributed by atoms with Crippen LogP contribution in [0.3, 0.4) is 0 Å². The molecule has 3 rings (SSSR count). The first kappa shape index (κ1) is 12.4. The van der Waals surface area contributed by atoms with E-state index in [1.807, 2.05) is 0 Å². The topological polar surface area (TPSA) is 42.1 Å². The molecule has 3 aromatic rings. The standard InChI is InChI=1S/C16H12FNO2/c1-20-11-7-5-10(6-8-11)13-9-18-15-12(16(13)19)3-2-4-14(15)17/h2-9H,1H3,(H,18,19). The van der Waals surface area contributed by atoms with E-state index in [9.17, 15) is 9.18 Å². The number of aromatic amines is 1. The molecule has 0 aliphatic carbocycles. The highest BCUT2D eigenvalue weighted by Crippen LogP contribution is 2.21. The minimum Gasteiger partial charge on any atom is -0.497 e. The van der Waals surface area contributed by atoms with Crippen molar-refractivity contribution in [3.8, 4) is 16.9 Å². The van der Waals surface area contributed by atoms with Gasteiger partial charge in [0, 0.05) is 17.1 Å². The van der Waals surface area contributed by atoms with Crippen molar-refractivity contribution in [2.75, 3.05) is 7.11 Å². The third kappa shape index (κ3) is 1.95. The SMILES string of the molecule is COc1ccc(-c2c[nH]c3c(F)cccc3c2=O)cc1. The van der Waals surface area contributed by atoms with Gasteiger partial charge in [0.1, 0.15) is 11.6 Å². The number of pyridine rings is 1. The largest absolute Gasteiger partial charge is 0.497 e. The number of hydrogen-bond donors (Lipinski definition) is 1. The number of halogens is 1. The Morgan fingerprint density at radius 1 is 1.10 bits per heavy atom. The lowest BCUT2D eigenvalue weighted by Gasteiger charge is -2.05. The molecule has 0 spiro atoms. The maximum absolute atomic E-state index is 13.6. The number of H-pyrrole nitrogens is 1. The van der Waals surface area contributed by atoms with Crippen molar-refractivity contribution in [3.05, 3.63) is 64.7 Å². The second-order valence-corrected chi connectivity index (χ2v) is 4.42. The van der Waals surface area contributed by atoms with Crippen LogP contribution in [0.4, 0.5) is 4.39 Å². The van der Waals surface area contributed by atoms with Crippen molar-refractivity contribution in [3.63, 3.8) is 0 Å². The Hall–Kier alpha value is -2.62. The van der Waals surface area contributed by atoms with Crippen molar-refractivity contribution >= 4 is 10.9 Å². The lowest BCUT2D eigenvalue weighted by molar-refractivity contribution is 0.415. The number of benzene rings is 2. The normalized spacial score (nSPS) is 10.7. The summed E-state index contributed by atoms with van der Waals surface area (Å²) in [6.45, 7) is 0. The minimum atomic E-state index is -0.430. The molecule has 0 bridgehead atoms. The third-order valence-corrected chi connectivity index (χ3v) is 3.26. The van der Waals surface area contributed by atoms with Crippen molar-refractivity contribution in [2.45, 2.75) is 0 Å². The number of hydrogen-bond acceptors (Lipinski definition) is 2. The van der Waals surface area contributed by atoms with Crippen LogP contribution in [0, 0.1) is 5.82 Å². The molecule has 0 amide bonds. The van der Waals surface area contributed by atoms with E-state index in [1.165, 1.54) is 18.3 Å². The van der Waals surface area contributed by atoms with Crippen LogP contribution in [-0.2, 0) is 0 Å². The van der Waals surface area contributed by atoms with Gasteiger partial charge in [0.15, 0.2) is 5.43 Å². The summed E-state index contributed by atoms with van der Waals surface area (Å²) >= 11 is 0. The van der Waals surface area contributed by atoms with Gasteiger partial charge in [0.25, 0.3) is 0 Å². The summed E-state index contributed by atoms with van der Waals surface area (Å²) in [5, 5.41) is 0.346. The average molecular weight is 269 g/mol. The predicted molar refractivity (Wildman–Crippen MR) is 76.5 cm³/mol. The van der Waals surface area contributed by atoms with Crippen LogP contribution >= 0.6 is 0 Å². The Bertz CT molecular complexity index is 822. The van der Waals surface area contributed by atoms with Gasteiger partial charge in [-0.15, -0.1) is 0 Å². The molecule has 0 saturated heterocycles. The molecule has 1 aromatic heterocycles. The van der Waals surface area contributed by atoms with Crippen LogP contribution in [-0.4, -0.2) is 12.1 Å². The second kappa shape index (κ2) is 4.81. The van der Waals surface area contributed by atoms with Gasteiger partial charge in [-0.05, 0) is 29.8 Å². The van der Waals surface area contributed by atoms with E-state index in [0.717, 1.165) is 11.3 Å². The number of ether oxygens (including phenoxy) is 1. The highest BCUT2D eigenvalue weighted by Gasteiger charge is 2.09. The first-order valence-electron chi connectivity index (χ1n) is 6.15. The molecule has 100 valence electrons. The zero-order chi connectivity index (χ0) is 14.1. The van der Waals surface area contributed by atoms with Crippen LogP contribution in [0.1, 0.15) is 0 Å². The van der Waals surface area contributed by atoms with Crippen LogP contribution in [0.25, 0.3) is 22.0 Å². The fraction of sp³-hybridized carbons (Fsp3) is 0.0625. The minimum absolute atomic E-state index is 0.191. The maximum Gasteiger partial charge on any atom is 0.197 e. The molecule has 2 aromatic carbocycles. The van der Waals surface area contributed by atoms with Gasteiger partial charge < -0.3 is 9.72 Å². The van der Waals surface area contributed by atoms with Crippen LogP contribution in [0.2, 0.25) is 0 Å². The molecule has 0 aliphatic heterocycles. The molecule has 3 nitrogen and oxygen atoms in total. The van der Waals surface area contributed by atoms with E-state index in [0.29, 0.717) is 10.9 Å². The summed E-state index contributed by atoms with van der Waals surface area (Å²) < 4.78 is 18.7. The zero-order valence-electron chi connectivity index (χ0n) is 10.8. The molecule has 0 radical (unpaired) electrons. The Kier molecular flexibility index (Phi) is 2.99. The van der Waals surface area contributed by atoms with Gasteiger partial charge in [-0.1, -0.05) is 18.2 Å². The average Bonchev–Trinajstić information content (AvgIpc) is 2.49. The summed E-state index contributed by atoms with van der Waals surface area (Å²) in [4.78, 5) is 15.3. The van der Waals surface area contributed by atoms with Crippen molar-refractivity contribution in [2.24, 2.45) is 0 Å². The molecule has 4 heteroatoms. The molecule has 0 saturated carbocycles. The Balaban J connectivity index is 2.21. The summed E-state index contributed by atoms with van der Waals surface area (Å²) in [6, 6.07) is 11.6. The Morgan fingerprint density at radius 2 is 1.85 bits per heavy atom. The summed E-state index contributed by atoms with van der Waals surface area (Å²) in [5.74, 6) is 0.290. The molecular formula is C16H12FNO2. The van der Waals surface area contributed by atoms with Crippen molar-refractivity contribution in [1.29, 1.82) is 0 Å². The molecule has 0 fully saturated rings. The number of nitrogens with one attached hydrogen (secondary N) is 1. The van der Waals surface area contributed by atoms with Crippen LogP contribution < -0.4 is 10.2 Å². The first-order valence-corrected chi connectivity index (χ1v) is 6.15. The highest BCUT2D eigenvalue weighted by molar-refractivity contribution is 5.83. The van der Waals surface area contributed by atoms with Crippen LogP contribution in [0.5, 0.6) is 5.75 Å². The predicted octanol–water partition coefficient (Wildman–Crippen LogP) is 3.34. The quantitative estimate of drug-likeness (QED) is 0.775. The number of aromatic nitrogens is 1. The van der Waals surface area contributed by atoms with E-state index in [4.69, 9.17) is 4.74 Å². The van der Waals surface area contributed by atoms with Gasteiger partial charge in [-0.2, -0.15) is 0 Å². The number of rotatable bonds is 2. The fourth-order valence-electron chi connectivity index (χ4n) is 2.20. The number of para-hydroxylation sites is 1. The maximum atomic E-state index is 13.6. The number of methoxy groups -OCH3 is 1. The molecule has 20 heavy (non-hydrogen) atoms. The summed E-state index contributed by atoms with van der Waals surface area (Å²) in [7, 11) is 1.58. The van der Waals surface area contributed by atoms with E-state index in [2.05, 4.69) is 4.98 Å². The zero-order valence-corrected chi connectivity index (χ0v) is 10.8. The van der Waals surface area contributed by atoms with Crippen LogP contribution in [0.15, 0.2) is 53.5 Å². The lowest BCUT2D eigenvalue weighted by atomic mass is 10.0. The van der Waals surface area contributed by atoms with Crippen molar-refractivity contribution < 1.29 is 9.13 Å². The molecule has 0 atom stereocenters. The smallest absolute Gasteiger partial charge is 0.197 e. The first-order chi connectivity index (χ1) is 9.70. The van der Waals surface area contributed by atoms with Gasteiger partial charge >= 0.3 is 0 Å². The van der Waals surface area contributed by atoms with Gasteiger partial charge in [-0.3, -0.25) is 4.79 Å². The Labute approximate surface area is 114 Å². The highest BCUT2D eigenvalue weighted by atomic mass is 19.1. The molecule has 0 aliphatic rings. The summed E-state index contributed by atoms with van der Waals surface area (Å²) in [6.07, 6.45) is 1.54. The lowest BCUT2D eigenvalue weighted by Crippen LogP contribution is -2.07. The van der Waals surface area contributed by atoms with E-state index < -0.39 is 5.82 Å². The van der Waals surface area contributed by atoms with Gasteiger partial charge in [-0.25, -0.2) is 4.39 Å². The van der Waals surface area contributed by atoms with Gasteiger partial charge in [0.2, 0.25) is 0 Å². The van der Waals surface area contributed by atoms with Crippen molar-refractivity contribution in [1.82, 2.24) is 4.98 Å². The van der Waals surface area contributed by atoms with Gasteiger partial charge in [0.05, 0.1) is 12.6 Å². The van der Waals surface area contributed by atoms with E-state index in [-0.39, 0.29) is 10.9 Å². The van der Waals surface area contributed by atoms with E-state index in [1.54, 1.807) is 37.4 Å². The molecule has 0 unspecified atom stereocenters. The molecule has 1 N–H and O–H groups in total. The monoisotopic (exact) mass is 269 g/mol. The van der Waals surface area contributed by atoms with E-state index >= 15 is 0 Å².